The fraction of sp³-hybridized carbons (Fsp3) is 0.800. The molecule has 0 aliphatic carbocycles. The molecule has 0 amide bonds. The fourth-order valence-electron chi connectivity index (χ4n) is 0. The van der Waals surface area contributed by atoms with E-state index in [9.17, 15) is 0 Å². The van der Waals surface area contributed by atoms with Crippen molar-refractivity contribution in [1.82, 2.24) is 0 Å². The first-order valence-electron chi connectivity index (χ1n) is 7.61. The summed E-state index contributed by atoms with van der Waals surface area (Å²) in [6.45, 7) is 36.6. The molecule has 0 unspecified atom stereocenters. The molecule has 0 radical (unpaired) electrons. The number of rotatable bonds is 0. The van der Waals surface area contributed by atoms with E-state index in [0.29, 0.717) is 5.41 Å². The van der Waals surface area contributed by atoms with Crippen molar-refractivity contribution in [3.63, 3.8) is 0 Å². The van der Waals surface area contributed by atoms with E-state index in [-0.39, 0.29) is 16.2 Å². The summed E-state index contributed by atoms with van der Waals surface area (Å²) >= 11 is 1.77. The van der Waals surface area contributed by atoms with Crippen LogP contribution in [0.5, 0.6) is 0 Å². The molecule has 0 N–H and O–H groups in total. The van der Waals surface area contributed by atoms with Gasteiger partial charge in [-0.3, -0.25) is 0 Å². The summed E-state index contributed by atoms with van der Waals surface area (Å²) in [5.41, 5.74) is 1.19. The van der Waals surface area contributed by atoms with Crippen molar-refractivity contribution < 1.29 is 20.6 Å². The summed E-state index contributed by atoms with van der Waals surface area (Å²) in [6, 6.07) is 0. The van der Waals surface area contributed by atoms with Crippen molar-refractivity contribution in [2.24, 2.45) is 21.7 Å². The van der Waals surface area contributed by atoms with Gasteiger partial charge in [-0.05, 0) is 0 Å². The van der Waals surface area contributed by atoms with Crippen molar-refractivity contribution in [3.8, 4) is 0 Å². The molecule has 0 atom stereocenters. The minimum absolute atomic E-state index is 0.250. The molecule has 0 rings (SSSR count). The minimum atomic E-state index is 0.250. The summed E-state index contributed by atoms with van der Waals surface area (Å²) in [6.07, 6.45) is 0. The zero-order chi connectivity index (χ0) is 18.7. The molecule has 0 spiro atoms. The van der Waals surface area contributed by atoms with Gasteiger partial charge in [0.15, 0.2) is 0 Å². The Balaban J connectivity index is -0.0000000921. The predicted octanol–water partition coefficient (Wildman–Crippen LogP) is 6.98. The van der Waals surface area contributed by atoms with E-state index in [2.05, 4.69) is 108 Å². The smallest absolute Gasteiger partial charge is 0.0878 e. The second kappa shape index (κ2) is 12.1. The second-order valence-corrected chi connectivity index (χ2v) is 10.8. The molecule has 0 fully saturated rings. The number of hydrogen-bond acceptors (Lipinski definition) is 0. The van der Waals surface area contributed by atoms with Crippen LogP contribution >= 0.6 is 0 Å². The maximum absolute atomic E-state index is 3.77. The SMILES string of the molecule is CC(C)(C)[CH]=[Nb].[CH2-]C(C)(C)C.[CH2-]C(C)(C)C.[CH2-]C(C)(C)C. The van der Waals surface area contributed by atoms with Gasteiger partial charge in [-0.25, -0.2) is 0 Å². The molecule has 0 aliphatic heterocycles. The molecule has 0 saturated carbocycles. The molecule has 0 aliphatic rings. The van der Waals surface area contributed by atoms with Gasteiger partial charge < -0.3 is 20.8 Å². The molecule has 1 heteroatoms. The summed E-state index contributed by atoms with van der Waals surface area (Å²) in [5.74, 6) is 0. The Labute approximate surface area is 150 Å². The summed E-state index contributed by atoms with van der Waals surface area (Å²) in [7, 11) is 0. The van der Waals surface area contributed by atoms with Crippen LogP contribution in [0.3, 0.4) is 0 Å². The molecule has 0 nitrogen and oxygen atoms in total. The van der Waals surface area contributed by atoms with Gasteiger partial charge in [-0.2, -0.15) is 16.2 Å². The van der Waals surface area contributed by atoms with E-state index in [1.54, 1.807) is 20.6 Å². The van der Waals surface area contributed by atoms with Crippen molar-refractivity contribution in [1.29, 1.82) is 0 Å². The molecule has 0 aromatic heterocycles. The Bertz CT molecular complexity index is 176. The molecule has 131 valence electrons. The second-order valence-electron chi connectivity index (χ2n) is 10.2. The van der Waals surface area contributed by atoms with E-state index < -0.39 is 0 Å². The average Bonchev–Trinajstić information content (AvgIpc) is 1.91. The van der Waals surface area contributed by atoms with E-state index >= 15 is 0 Å². The Morgan fingerprint density at radius 1 is 0.524 bits per heavy atom. The van der Waals surface area contributed by atoms with E-state index in [1.165, 1.54) is 0 Å². The summed E-state index contributed by atoms with van der Waals surface area (Å²) < 4.78 is 2.24. The van der Waals surface area contributed by atoms with Gasteiger partial charge in [0.2, 0.25) is 0 Å². The van der Waals surface area contributed by atoms with E-state index in [1.807, 2.05) is 0 Å². The monoisotopic (exact) mass is 376 g/mol. The van der Waals surface area contributed by atoms with Crippen LogP contribution in [0.15, 0.2) is 0 Å². The predicted molar refractivity (Wildman–Crippen MR) is 100.0 cm³/mol. The van der Waals surface area contributed by atoms with Crippen LogP contribution in [-0.4, -0.2) is 4.23 Å². The zero-order valence-electron chi connectivity index (χ0n) is 17.1. The van der Waals surface area contributed by atoms with Gasteiger partial charge >= 0.3 is 51.0 Å². The van der Waals surface area contributed by atoms with Crippen LogP contribution in [0.25, 0.3) is 0 Å². The first-order chi connectivity index (χ1) is 8.56. The topological polar surface area (TPSA) is 0 Å². The quantitative estimate of drug-likeness (QED) is 0.316. The maximum atomic E-state index is 3.77. The van der Waals surface area contributed by atoms with Crippen molar-refractivity contribution in [2.45, 2.75) is 83.1 Å². The third kappa shape index (κ3) is 548. The van der Waals surface area contributed by atoms with Gasteiger partial charge in [0.25, 0.3) is 0 Å². The standard InChI is InChI=1S/3C5H11.C5H10.Nb/c4*1-5(2,3)4;/h3*1H2,2-4H3;1H,2-4H3;/q3*-1;;. The van der Waals surface area contributed by atoms with Gasteiger partial charge in [0, 0.05) is 0 Å². The maximum Gasteiger partial charge on any atom is -0.0878 e. The minimum Gasteiger partial charge on any atom is -0.338 e. The van der Waals surface area contributed by atoms with Gasteiger partial charge in [-0.15, -0.1) is 0 Å². The van der Waals surface area contributed by atoms with Crippen LogP contribution in [0.4, 0.5) is 0 Å². The molecule has 0 aromatic rings. The molecule has 0 saturated heterocycles. The van der Waals surface area contributed by atoms with Crippen LogP contribution in [0.2, 0.25) is 0 Å². The molecule has 21 heavy (non-hydrogen) atoms. The Morgan fingerprint density at radius 3 is 0.571 bits per heavy atom. The number of hydrogen-bond donors (Lipinski definition) is 0. The Morgan fingerprint density at radius 2 is 0.571 bits per heavy atom. The third-order valence-corrected chi connectivity index (χ3v) is 2.29. The normalized spacial score (nSPS) is 11.7. The van der Waals surface area contributed by atoms with Crippen LogP contribution in [-0.2, 0) is 20.6 Å². The molecule has 0 heterocycles. The Hall–Kier alpha value is 0.610. The van der Waals surface area contributed by atoms with Crippen molar-refractivity contribution in [2.75, 3.05) is 0 Å². The fourth-order valence-corrected chi connectivity index (χ4v) is 0. The van der Waals surface area contributed by atoms with Crippen molar-refractivity contribution >= 4 is 4.23 Å². The molecular weight excluding hydrogens is 333 g/mol. The largest absolute Gasteiger partial charge is 0.338 e. The first-order valence-corrected chi connectivity index (χ1v) is 8.88. The first kappa shape index (κ1) is 29.6. The zero-order valence-corrected chi connectivity index (χ0v) is 19.3. The van der Waals surface area contributed by atoms with E-state index in [4.69, 9.17) is 0 Å². The van der Waals surface area contributed by atoms with E-state index in [0.717, 1.165) is 0 Å². The molecular formula is C20H43Nb-3. The van der Waals surface area contributed by atoms with Crippen molar-refractivity contribution in [3.05, 3.63) is 20.8 Å². The van der Waals surface area contributed by atoms with Crippen LogP contribution in [0, 0.1) is 42.4 Å². The van der Waals surface area contributed by atoms with Gasteiger partial charge in [-0.1, -0.05) is 62.3 Å². The molecule has 0 aromatic carbocycles. The summed E-state index contributed by atoms with van der Waals surface area (Å²) in [4.78, 5) is 0. The van der Waals surface area contributed by atoms with Crippen LogP contribution in [0.1, 0.15) is 83.1 Å². The summed E-state index contributed by atoms with van der Waals surface area (Å²) in [5, 5.41) is 0. The van der Waals surface area contributed by atoms with Crippen LogP contribution < -0.4 is 0 Å². The van der Waals surface area contributed by atoms with Gasteiger partial charge in [0.05, 0.1) is 0 Å². The molecule has 0 bridgehead atoms. The van der Waals surface area contributed by atoms with Gasteiger partial charge in [0.1, 0.15) is 0 Å². The Kier molecular flexibility index (Phi) is 17.0. The third-order valence-electron chi connectivity index (χ3n) is 0.387. The average molecular weight is 376 g/mol.